The van der Waals surface area contributed by atoms with E-state index in [-0.39, 0.29) is 16.9 Å². The van der Waals surface area contributed by atoms with Crippen LogP contribution >= 0.6 is 0 Å². The van der Waals surface area contributed by atoms with Crippen LogP contribution in [0.3, 0.4) is 0 Å². The van der Waals surface area contributed by atoms with Crippen molar-refractivity contribution < 1.29 is 9.85 Å². The lowest BCUT2D eigenvalue weighted by Gasteiger charge is -2.06. The molecule has 0 aliphatic heterocycles. The van der Waals surface area contributed by atoms with Crippen molar-refractivity contribution in [3.8, 4) is 5.69 Å². The lowest BCUT2D eigenvalue weighted by molar-refractivity contribution is -0.394. The highest BCUT2D eigenvalue weighted by Gasteiger charge is 2.18. The van der Waals surface area contributed by atoms with E-state index in [1.165, 1.54) is 18.3 Å². The smallest absolute Gasteiger partial charge is 0.285 e. The molecule has 1 heterocycles. The maximum Gasteiger partial charge on any atom is 0.285 e. The van der Waals surface area contributed by atoms with E-state index in [9.17, 15) is 20.2 Å². The lowest BCUT2D eigenvalue weighted by Crippen LogP contribution is -1.97. The van der Waals surface area contributed by atoms with Crippen LogP contribution in [0.2, 0.25) is 0 Å². The standard InChI is InChI=1S/C17H12N4O4/c22-20(23)14-8-7-13(17(11-14)21(24)25)12-18-15-5-1-2-6-16(15)19-9-3-4-10-19/h1-12H. The molecule has 0 radical (unpaired) electrons. The fraction of sp³-hybridized carbons (Fsp3) is 0. The Hall–Kier alpha value is -3.81. The van der Waals surface area contributed by atoms with Gasteiger partial charge in [-0.15, -0.1) is 0 Å². The molecule has 124 valence electrons. The van der Waals surface area contributed by atoms with Crippen molar-refractivity contribution in [3.63, 3.8) is 0 Å². The van der Waals surface area contributed by atoms with Gasteiger partial charge in [-0.25, -0.2) is 0 Å². The topological polar surface area (TPSA) is 104 Å². The second-order valence-electron chi connectivity index (χ2n) is 5.09. The SMILES string of the molecule is O=[N+]([O-])c1ccc(C=Nc2ccccc2-n2cccc2)c([N+](=O)[O-])c1. The first kappa shape index (κ1) is 16.1. The van der Waals surface area contributed by atoms with Crippen molar-refractivity contribution in [2.24, 2.45) is 4.99 Å². The number of rotatable bonds is 5. The van der Waals surface area contributed by atoms with Gasteiger partial charge in [0.05, 0.1) is 32.9 Å². The van der Waals surface area contributed by atoms with Crippen LogP contribution in [0.15, 0.2) is 72.0 Å². The number of benzene rings is 2. The number of para-hydroxylation sites is 2. The molecule has 1 aromatic heterocycles. The first-order valence-corrected chi connectivity index (χ1v) is 7.25. The zero-order valence-corrected chi connectivity index (χ0v) is 12.9. The van der Waals surface area contributed by atoms with Crippen LogP contribution in [0.1, 0.15) is 5.56 Å². The summed E-state index contributed by atoms with van der Waals surface area (Å²) in [5.74, 6) is 0. The lowest BCUT2D eigenvalue weighted by atomic mass is 10.1. The molecular weight excluding hydrogens is 324 g/mol. The Balaban J connectivity index is 2.01. The summed E-state index contributed by atoms with van der Waals surface area (Å²) in [6.45, 7) is 0. The molecule has 0 spiro atoms. The van der Waals surface area contributed by atoms with Gasteiger partial charge in [-0.2, -0.15) is 0 Å². The summed E-state index contributed by atoms with van der Waals surface area (Å²) >= 11 is 0. The zero-order valence-electron chi connectivity index (χ0n) is 12.9. The van der Waals surface area contributed by atoms with Gasteiger partial charge in [0.25, 0.3) is 11.4 Å². The third-order valence-corrected chi connectivity index (χ3v) is 3.53. The molecule has 8 heteroatoms. The van der Waals surface area contributed by atoms with Crippen LogP contribution in [0.4, 0.5) is 17.1 Å². The van der Waals surface area contributed by atoms with Crippen molar-refractivity contribution in [2.75, 3.05) is 0 Å². The molecular formula is C17H12N4O4. The van der Waals surface area contributed by atoms with Crippen LogP contribution in [0.5, 0.6) is 0 Å². The largest absolute Gasteiger partial charge is 0.322 e. The molecule has 0 fully saturated rings. The van der Waals surface area contributed by atoms with Crippen molar-refractivity contribution in [2.45, 2.75) is 0 Å². The van der Waals surface area contributed by atoms with Gasteiger partial charge in [0.15, 0.2) is 0 Å². The third kappa shape index (κ3) is 3.42. The van der Waals surface area contributed by atoms with Gasteiger partial charge in [0.1, 0.15) is 0 Å². The first-order valence-electron chi connectivity index (χ1n) is 7.25. The second-order valence-corrected chi connectivity index (χ2v) is 5.09. The highest BCUT2D eigenvalue weighted by Crippen LogP contribution is 2.26. The highest BCUT2D eigenvalue weighted by atomic mass is 16.6. The molecule has 0 saturated heterocycles. The van der Waals surface area contributed by atoms with Crippen molar-refractivity contribution in [3.05, 3.63) is 92.8 Å². The van der Waals surface area contributed by atoms with E-state index in [0.29, 0.717) is 5.69 Å². The number of aromatic nitrogens is 1. The molecule has 0 aliphatic rings. The first-order chi connectivity index (χ1) is 12.1. The van der Waals surface area contributed by atoms with Crippen LogP contribution < -0.4 is 0 Å². The van der Waals surface area contributed by atoms with E-state index in [0.717, 1.165) is 11.8 Å². The molecule has 25 heavy (non-hydrogen) atoms. The Labute approximate surface area is 142 Å². The Morgan fingerprint density at radius 2 is 1.64 bits per heavy atom. The maximum atomic E-state index is 11.2. The Morgan fingerprint density at radius 1 is 0.920 bits per heavy atom. The minimum absolute atomic E-state index is 0.193. The van der Waals surface area contributed by atoms with Gasteiger partial charge < -0.3 is 4.57 Å². The number of nitro groups is 2. The van der Waals surface area contributed by atoms with Crippen molar-refractivity contribution in [1.29, 1.82) is 0 Å². The summed E-state index contributed by atoms with van der Waals surface area (Å²) in [5, 5.41) is 22.0. The van der Waals surface area contributed by atoms with E-state index in [1.807, 2.05) is 47.3 Å². The maximum absolute atomic E-state index is 11.2. The summed E-state index contributed by atoms with van der Waals surface area (Å²) < 4.78 is 1.87. The summed E-state index contributed by atoms with van der Waals surface area (Å²) in [4.78, 5) is 25.0. The zero-order chi connectivity index (χ0) is 17.8. The van der Waals surface area contributed by atoms with Crippen LogP contribution in [0.25, 0.3) is 5.69 Å². The average Bonchev–Trinajstić information content (AvgIpc) is 3.14. The normalized spacial score (nSPS) is 10.9. The Morgan fingerprint density at radius 3 is 2.32 bits per heavy atom. The van der Waals surface area contributed by atoms with Crippen LogP contribution in [0, 0.1) is 20.2 Å². The fourth-order valence-electron chi connectivity index (χ4n) is 2.34. The molecule has 0 atom stereocenters. The van der Waals surface area contributed by atoms with E-state index in [4.69, 9.17) is 0 Å². The second kappa shape index (κ2) is 6.75. The number of aliphatic imine (C=N–C) groups is 1. The molecule has 8 nitrogen and oxygen atoms in total. The number of hydrogen-bond donors (Lipinski definition) is 0. The van der Waals surface area contributed by atoms with E-state index in [1.54, 1.807) is 6.07 Å². The molecule has 3 aromatic rings. The number of non-ortho nitro benzene ring substituents is 1. The molecule has 2 aromatic carbocycles. The molecule has 3 rings (SSSR count). The minimum atomic E-state index is -0.671. The fourth-order valence-corrected chi connectivity index (χ4v) is 2.34. The molecule has 0 N–H and O–H groups in total. The van der Waals surface area contributed by atoms with Crippen LogP contribution in [-0.2, 0) is 0 Å². The minimum Gasteiger partial charge on any atom is -0.322 e. The van der Waals surface area contributed by atoms with E-state index >= 15 is 0 Å². The molecule has 0 bridgehead atoms. The van der Waals surface area contributed by atoms with Crippen molar-refractivity contribution in [1.82, 2.24) is 4.57 Å². The summed E-state index contributed by atoms with van der Waals surface area (Å²) in [6, 6.07) is 14.5. The highest BCUT2D eigenvalue weighted by molar-refractivity contribution is 5.88. The van der Waals surface area contributed by atoms with Crippen molar-refractivity contribution >= 4 is 23.3 Å². The number of nitro benzene ring substituents is 2. The van der Waals surface area contributed by atoms with E-state index in [2.05, 4.69) is 4.99 Å². The molecule has 0 saturated carbocycles. The summed E-state index contributed by atoms with van der Waals surface area (Å²) in [7, 11) is 0. The quantitative estimate of drug-likeness (QED) is 0.398. The molecule has 0 aliphatic carbocycles. The predicted molar refractivity (Wildman–Crippen MR) is 92.8 cm³/mol. The van der Waals surface area contributed by atoms with Gasteiger partial charge in [-0.05, 0) is 30.3 Å². The monoisotopic (exact) mass is 336 g/mol. The number of hydrogen-bond acceptors (Lipinski definition) is 5. The average molecular weight is 336 g/mol. The Bertz CT molecular complexity index is 965. The van der Waals surface area contributed by atoms with E-state index < -0.39 is 9.85 Å². The van der Waals surface area contributed by atoms with Gasteiger partial charge in [0.2, 0.25) is 0 Å². The van der Waals surface area contributed by atoms with Gasteiger partial charge in [-0.1, -0.05) is 12.1 Å². The third-order valence-electron chi connectivity index (χ3n) is 3.53. The summed E-state index contributed by atoms with van der Waals surface area (Å²) in [6.07, 6.45) is 5.07. The predicted octanol–water partition coefficient (Wildman–Crippen LogP) is 4.04. The molecule has 0 unspecified atom stereocenters. The van der Waals surface area contributed by atoms with Crippen LogP contribution in [-0.4, -0.2) is 20.6 Å². The summed E-state index contributed by atoms with van der Waals surface area (Å²) in [5.41, 5.74) is 0.922. The molecule has 0 amide bonds. The Kier molecular flexibility index (Phi) is 4.34. The van der Waals surface area contributed by atoms with Gasteiger partial charge >= 0.3 is 0 Å². The van der Waals surface area contributed by atoms with Gasteiger partial charge in [0, 0.05) is 24.7 Å². The van der Waals surface area contributed by atoms with Gasteiger partial charge in [-0.3, -0.25) is 25.2 Å². The number of nitrogens with zero attached hydrogens (tertiary/aromatic N) is 4.